The number of hydrogen-bond acceptors (Lipinski definition) is 8. The Bertz CT molecular complexity index is 1320. The second-order valence-corrected chi connectivity index (χ2v) is 7.10. The standard InChI is InChI=1S/C18H18N8O2/c1-8(2)13-16-10(17(27)24-22-13)5-12(21-23-16)26-18(28)11-6-19-7-20-15(11)14(25-26)9(3)4/h5-9H,1-4H3,(H,24,27). The molecule has 10 nitrogen and oxygen atoms in total. The molecule has 0 aromatic carbocycles. The average Bonchev–Trinajstić information content (AvgIpc) is 2.68. The lowest BCUT2D eigenvalue weighted by molar-refractivity contribution is 0.704. The predicted molar refractivity (Wildman–Crippen MR) is 103 cm³/mol. The van der Waals surface area contributed by atoms with E-state index in [1.807, 2.05) is 27.7 Å². The third kappa shape index (κ3) is 2.73. The molecule has 4 heterocycles. The summed E-state index contributed by atoms with van der Waals surface area (Å²) in [5, 5.41) is 19.9. The second kappa shape index (κ2) is 6.55. The van der Waals surface area contributed by atoms with E-state index in [4.69, 9.17) is 0 Å². The van der Waals surface area contributed by atoms with Crippen LogP contribution >= 0.6 is 0 Å². The van der Waals surface area contributed by atoms with Gasteiger partial charge in [-0.3, -0.25) is 9.59 Å². The second-order valence-electron chi connectivity index (χ2n) is 7.10. The molecule has 142 valence electrons. The molecule has 0 saturated heterocycles. The average molecular weight is 378 g/mol. The molecule has 4 aromatic heterocycles. The largest absolute Gasteiger partial charge is 0.284 e. The third-order valence-electron chi connectivity index (χ3n) is 4.44. The quantitative estimate of drug-likeness (QED) is 0.566. The van der Waals surface area contributed by atoms with Gasteiger partial charge in [-0.25, -0.2) is 15.1 Å². The van der Waals surface area contributed by atoms with Gasteiger partial charge in [0.15, 0.2) is 5.82 Å². The van der Waals surface area contributed by atoms with E-state index in [9.17, 15) is 9.59 Å². The van der Waals surface area contributed by atoms with Crippen molar-refractivity contribution in [3.63, 3.8) is 0 Å². The molecule has 0 spiro atoms. The first-order valence-electron chi connectivity index (χ1n) is 8.87. The van der Waals surface area contributed by atoms with Gasteiger partial charge < -0.3 is 0 Å². The molecule has 0 bridgehead atoms. The van der Waals surface area contributed by atoms with Gasteiger partial charge in [-0.2, -0.15) is 14.9 Å². The molecule has 4 aromatic rings. The summed E-state index contributed by atoms with van der Waals surface area (Å²) in [6.45, 7) is 7.80. The molecular formula is C18H18N8O2. The minimum Gasteiger partial charge on any atom is -0.267 e. The molecule has 0 atom stereocenters. The van der Waals surface area contributed by atoms with Crippen LogP contribution < -0.4 is 11.1 Å². The van der Waals surface area contributed by atoms with Crippen molar-refractivity contribution in [2.75, 3.05) is 0 Å². The summed E-state index contributed by atoms with van der Waals surface area (Å²) in [6.07, 6.45) is 2.84. The zero-order valence-electron chi connectivity index (χ0n) is 15.8. The molecule has 4 rings (SSSR count). The number of nitrogens with one attached hydrogen (secondary N) is 1. The van der Waals surface area contributed by atoms with Crippen LogP contribution in [0.15, 0.2) is 28.2 Å². The molecule has 28 heavy (non-hydrogen) atoms. The number of H-pyrrole nitrogens is 1. The first-order chi connectivity index (χ1) is 13.4. The van der Waals surface area contributed by atoms with Gasteiger partial charge in [0.25, 0.3) is 11.1 Å². The Morgan fingerprint density at radius 2 is 1.71 bits per heavy atom. The Balaban J connectivity index is 2.05. The van der Waals surface area contributed by atoms with Crippen molar-refractivity contribution in [1.29, 1.82) is 0 Å². The third-order valence-corrected chi connectivity index (χ3v) is 4.44. The van der Waals surface area contributed by atoms with Gasteiger partial charge in [0, 0.05) is 6.20 Å². The van der Waals surface area contributed by atoms with Crippen LogP contribution in [-0.2, 0) is 0 Å². The number of hydrogen-bond donors (Lipinski definition) is 1. The lowest BCUT2D eigenvalue weighted by Crippen LogP contribution is -2.26. The molecule has 0 aliphatic heterocycles. The number of aromatic amines is 1. The van der Waals surface area contributed by atoms with Crippen LogP contribution in [0.5, 0.6) is 0 Å². The monoisotopic (exact) mass is 378 g/mol. The van der Waals surface area contributed by atoms with Crippen LogP contribution in [0.25, 0.3) is 27.6 Å². The maximum absolute atomic E-state index is 13.0. The van der Waals surface area contributed by atoms with Crippen molar-refractivity contribution in [3.05, 3.63) is 50.7 Å². The summed E-state index contributed by atoms with van der Waals surface area (Å²) in [5.41, 5.74) is 1.34. The molecule has 0 aliphatic rings. The lowest BCUT2D eigenvalue weighted by atomic mass is 10.1. The number of rotatable bonds is 3. The van der Waals surface area contributed by atoms with Gasteiger partial charge in [0.05, 0.1) is 22.2 Å². The highest BCUT2D eigenvalue weighted by molar-refractivity contribution is 5.81. The van der Waals surface area contributed by atoms with Crippen LogP contribution in [-0.4, -0.2) is 40.1 Å². The van der Waals surface area contributed by atoms with E-state index < -0.39 is 11.1 Å². The molecule has 0 radical (unpaired) electrons. The van der Waals surface area contributed by atoms with E-state index in [-0.39, 0.29) is 17.7 Å². The van der Waals surface area contributed by atoms with Gasteiger partial charge in [-0.05, 0) is 17.9 Å². The molecule has 0 saturated carbocycles. The van der Waals surface area contributed by atoms with E-state index in [1.54, 1.807) is 0 Å². The number of aromatic nitrogens is 8. The molecule has 0 aliphatic carbocycles. The van der Waals surface area contributed by atoms with Crippen molar-refractivity contribution in [2.24, 2.45) is 0 Å². The van der Waals surface area contributed by atoms with Crippen LogP contribution in [0.4, 0.5) is 0 Å². The maximum atomic E-state index is 13.0. The SMILES string of the molecule is CC(C)c1n[nH]c(=O)c2cc(-n3nc(C(C)C)c4ncncc4c3=O)nnc12. The molecular weight excluding hydrogens is 360 g/mol. The fourth-order valence-corrected chi connectivity index (χ4v) is 3.02. The van der Waals surface area contributed by atoms with Crippen molar-refractivity contribution < 1.29 is 0 Å². The zero-order chi connectivity index (χ0) is 20.0. The molecule has 0 fully saturated rings. The molecule has 10 heteroatoms. The highest BCUT2D eigenvalue weighted by atomic mass is 16.1. The highest BCUT2D eigenvalue weighted by Gasteiger charge is 2.18. The Hall–Kier alpha value is -3.56. The van der Waals surface area contributed by atoms with E-state index >= 15 is 0 Å². The van der Waals surface area contributed by atoms with E-state index in [0.29, 0.717) is 33.2 Å². The zero-order valence-corrected chi connectivity index (χ0v) is 15.8. The van der Waals surface area contributed by atoms with Gasteiger partial charge in [-0.1, -0.05) is 27.7 Å². The molecule has 0 amide bonds. The Morgan fingerprint density at radius 1 is 0.964 bits per heavy atom. The molecule has 1 N–H and O–H groups in total. The van der Waals surface area contributed by atoms with Crippen molar-refractivity contribution >= 4 is 21.8 Å². The predicted octanol–water partition coefficient (Wildman–Crippen LogP) is 1.45. The van der Waals surface area contributed by atoms with E-state index in [0.717, 1.165) is 4.68 Å². The van der Waals surface area contributed by atoms with Gasteiger partial charge in [0.2, 0.25) is 0 Å². The van der Waals surface area contributed by atoms with Crippen molar-refractivity contribution in [3.8, 4) is 5.82 Å². The molecule has 0 unspecified atom stereocenters. The first kappa shape index (κ1) is 17.8. The maximum Gasteiger partial charge on any atom is 0.284 e. The number of nitrogens with zero attached hydrogens (tertiary/aromatic N) is 7. The van der Waals surface area contributed by atoms with Crippen molar-refractivity contribution in [2.45, 2.75) is 39.5 Å². The first-order valence-corrected chi connectivity index (χ1v) is 8.87. The normalized spacial score (nSPS) is 11.8. The van der Waals surface area contributed by atoms with E-state index in [2.05, 4.69) is 35.5 Å². The van der Waals surface area contributed by atoms with Gasteiger partial charge >= 0.3 is 0 Å². The fraction of sp³-hybridized carbons (Fsp3) is 0.333. The summed E-state index contributed by atoms with van der Waals surface area (Å²) in [6, 6.07) is 1.50. The van der Waals surface area contributed by atoms with Crippen LogP contribution in [0.3, 0.4) is 0 Å². The summed E-state index contributed by atoms with van der Waals surface area (Å²) in [5.74, 6) is 0.208. The van der Waals surface area contributed by atoms with Gasteiger partial charge in [-0.15, -0.1) is 10.2 Å². The van der Waals surface area contributed by atoms with Gasteiger partial charge in [0.1, 0.15) is 17.4 Å². The van der Waals surface area contributed by atoms with Crippen LogP contribution in [0.2, 0.25) is 0 Å². The minimum atomic E-state index is -0.428. The fourth-order valence-electron chi connectivity index (χ4n) is 3.02. The summed E-state index contributed by atoms with van der Waals surface area (Å²) >= 11 is 0. The Labute approximate surface area is 158 Å². The van der Waals surface area contributed by atoms with Crippen LogP contribution in [0, 0.1) is 0 Å². The Kier molecular flexibility index (Phi) is 4.17. The minimum absolute atomic E-state index is 0.0119. The number of fused-ring (bicyclic) bond motifs is 2. The van der Waals surface area contributed by atoms with E-state index in [1.165, 1.54) is 18.6 Å². The lowest BCUT2D eigenvalue weighted by Gasteiger charge is -2.12. The van der Waals surface area contributed by atoms with Crippen LogP contribution in [0.1, 0.15) is 50.9 Å². The summed E-state index contributed by atoms with van der Waals surface area (Å²) in [7, 11) is 0. The topological polar surface area (TPSA) is 132 Å². The van der Waals surface area contributed by atoms with Crippen molar-refractivity contribution in [1.82, 2.24) is 40.1 Å². The summed E-state index contributed by atoms with van der Waals surface area (Å²) < 4.78 is 1.14. The Morgan fingerprint density at radius 3 is 2.43 bits per heavy atom. The highest BCUT2D eigenvalue weighted by Crippen LogP contribution is 2.21. The summed E-state index contributed by atoms with van der Waals surface area (Å²) in [4.78, 5) is 33.4. The smallest absolute Gasteiger partial charge is 0.267 e.